The molecule has 2 fully saturated rings. The van der Waals surface area contributed by atoms with E-state index in [9.17, 15) is 14.0 Å². The van der Waals surface area contributed by atoms with Crippen molar-refractivity contribution in [3.05, 3.63) is 70.0 Å². The lowest BCUT2D eigenvalue weighted by molar-refractivity contribution is 0.0959. The monoisotopic (exact) mass is 480 g/mol. The summed E-state index contributed by atoms with van der Waals surface area (Å²) in [5.74, 6) is -0.227. The van der Waals surface area contributed by atoms with Crippen LogP contribution in [0.4, 0.5) is 14.9 Å². The number of nitrogens with one attached hydrogen (secondary N) is 2. The minimum Gasteiger partial charge on any atom is -0.354 e. The Balaban J connectivity index is 1.43. The number of halogens is 1. The molecule has 0 radical (unpaired) electrons. The van der Waals surface area contributed by atoms with Crippen molar-refractivity contribution >= 4 is 29.2 Å². The van der Waals surface area contributed by atoms with Crippen LogP contribution in [-0.4, -0.2) is 51.3 Å². The van der Waals surface area contributed by atoms with Crippen LogP contribution in [0.5, 0.6) is 0 Å². The second-order valence-corrected chi connectivity index (χ2v) is 9.69. The smallest absolute Gasteiger partial charge is 0.321 e. The molecule has 34 heavy (non-hydrogen) atoms. The van der Waals surface area contributed by atoms with Crippen molar-refractivity contribution in [3.8, 4) is 0 Å². The normalized spacial score (nSPS) is 19.8. The highest BCUT2D eigenvalue weighted by atomic mass is 32.1. The summed E-state index contributed by atoms with van der Waals surface area (Å²) < 4.78 is 18.6. The maximum atomic E-state index is 14.5. The quantitative estimate of drug-likeness (QED) is 0.578. The first kappa shape index (κ1) is 22.4. The number of likely N-dealkylation sites (tertiary alicyclic amines) is 1. The number of urea groups is 1. The molecule has 2 N–H and O–H groups in total. The highest BCUT2D eigenvalue weighted by Gasteiger charge is 2.45. The van der Waals surface area contributed by atoms with Crippen LogP contribution in [0.25, 0.3) is 0 Å². The van der Waals surface area contributed by atoms with E-state index in [4.69, 9.17) is 0 Å². The summed E-state index contributed by atoms with van der Waals surface area (Å²) in [6, 6.07) is 6.69. The standard InChI is InChI=1S/C24H25FN6O2S/c1-14-3-6-17(10-18(14)25)24(22-28-13-29-34-22)7-8-31(12-24)23(33)30-19-9-16(15-4-5-15)11-27-20(19)21(32)26-2/h3,6,9-11,13,15H,4-5,7-8,12H2,1-2H3,(H,26,32)(H,30,33)/t24-/m1/s1. The van der Waals surface area contributed by atoms with Crippen molar-refractivity contribution in [1.82, 2.24) is 24.6 Å². The number of rotatable bonds is 5. The predicted molar refractivity (Wildman–Crippen MR) is 127 cm³/mol. The van der Waals surface area contributed by atoms with Crippen molar-refractivity contribution < 1.29 is 14.0 Å². The summed E-state index contributed by atoms with van der Waals surface area (Å²) in [5, 5.41) is 6.22. The first-order valence-electron chi connectivity index (χ1n) is 11.2. The Morgan fingerprint density at radius 3 is 2.74 bits per heavy atom. The van der Waals surface area contributed by atoms with Gasteiger partial charge in [-0.2, -0.15) is 4.37 Å². The number of hydrogen-bond acceptors (Lipinski definition) is 6. The molecule has 0 spiro atoms. The predicted octanol–water partition coefficient (Wildman–Crippen LogP) is 3.84. The maximum absolute atomic E-state index is 14.5. The van der Waals surface area contributed by atoms with Gasteiger partial charge in [-0.1, -0.05) is 12.1 Å². The third-order valence-electron chi connectivity index (χ3n) is 6.69. The molecule has 5 rings (SSSR count). The van der Waals surface area contributed by atoms with E-state index in [0.29, 0.717) is 36.7 Å². The summed E-state index contributed by atoms with van der Waals surface area (Å²) in [4.78, 5) is 36.1. The molecule has 1 atom stereocenters. The number of nitrogens with zero attached hydrogens (tertiary/aromatic N) is 4. The molecule has 0 unspecified atom stereocenters. The number of carbonyl (C=O) groups excluding carboxylic acids is 2. The van der Waals surface area contributed by atoms with Gasteiger partial charge in [-0.3, -0.25) is 4.79 Å². The van der Waals surface area contributed by atoms with Crippen LogP contribution < -0.4 is 10.6 Å². The van der Waals surface area contributed by atoms with E-state index >= 15 is 0 Å². The topological polar surface area (TPSA) is 100 Å². The molecule has 176 valence electrons. The molecule has 3 amide bonds. The number of carbonyl (C=O) groups is 2. The average molecular weight is 481 g/mol. The molecule has 1 aromatic carbocycles. The number of hydrogen-bond donors (Lipinski definition) is 2. The lowest BCUT2D eigenvalue weighted by Gasteiger charge is -2.28. The Morgan fingerprint density at radius 1 is 1.24 bits per heavy atom. The van der Waals surface area contributed by atoms with E-state index < -0.39 is 5.41 Å². The Labute approximate surface area is 200 Å². The molecule has 2 aliphatic rings. The number of amides is 3. The van der Waals surface area contributed by atoms with Gasteiger partial charge in [-0.25, -0.2) is 19.2 Å². The largest absolute Gasteiger partial charge is 0.354 e. The van der Waals surface area contributed by atoms with E-state index in [2.05, 4.69) is 25.0 Å². The Kier molecular flexibility index (Phi) is 5.76. The van der Waals surface area contributed by atoms with Crippen LogP contribution in [0.3, 0.4) is 0 Å². The number of benzene rings is 1. The van der Waals surface area contributed by atoms with Gasteiger partial charge in [0.25, 0.3) is 5.91 Å². The zero-order valence-corrected chi connectivity index (χ0v) is 19.8. The van der Waals surface area contributed by atoms with Gasteiger partial charge < -0.3 is 15.5 Å². The van der Waals surface area contributed by atoms with Crippen molar-refractivity contribution in [2.45, 2.75) is 37.5 Å². The summed E-state index contributed by atoms with van der Waals surface area (Å²) >= 11 is 1.26. The first-order chi connectivity index (χ1) is 16.4. The maximum Gasteiger partial charge on any atom is 0.321 e. The van der Waals surface area contributed by atoms with E-state index in [0.717, 1.165) is 29.0 Å². The number of aryl methyl sites for hydroxylation is 1. The van der Waals surface area contributed by atoms with Gasteiger partial charge in [-0.05, 0) is 72.5 Å². The van der Waals surface area contributed by atoms with Gasteiger partial charge in [0, 0.05) is 26.3 Å². The molecule has 3 aromatic rings. The molecule has 1 saturated carbocycles. The third kappa shape index (κ3) is 4.02. The summed E-state index contributed by atoms with van der Waals surface area (Å²) in [6.45, 7) is 2.49. The van der Waals surface area contributed by atoms with Crippen molar-refractivity contribution in [2.75, 3.05) is 25.5 Å². The van der Waals surface area contributed by atoms with Crippen LogP contribution in [-0.2, 0) is 5.41 Å². The van der Waals surface area contributed by atoms with E-state index in [1.807, 2.05) is 12.1 Å². The SMILES string of the molecule is CNC(=O)c1ncc(C2CC2)cc1NC(=O)N1CC[C@@](c2ccc(C)c(F)c2)(c2ncns2)C1. The average Bonchev–Trinajstić information content (AvgIpc) is 3.34. The molecular formula is C24H25FN6O2S. The fourth-order valence-corrected chi connectivity index (χ4v) is 5.25. The highest BCUT2D eigenvalue weighted by Crippen LogP contribution is 2.43. The molecule has 2 aromatic heterocycles. The second kappa shape index (κ2) is 8.75. The fraction of sp³-hybridized carbons (Fsp3) is 0.375. The number of aromatic nitrogens is 3. The van der Waals surface area contributed by atoms with Gasteiger partial charge in [-0.15, -0.1) is 0 Å². The zero-order valence-electron chi connectivity index (χ0n) is 19.0. The van der Waals surface area contributed by atoms with Crippen LogP contribution in [0, 0.1) is 12.7 Å². The summed E-state index contributed by atoms with van der Waals surface area (Å²) in [7, 11) is 1.53. The lowest BCUT2D eigenvalue weighted by atomic mass is 9.80. The molecule has 1 aliphatic heterocycles. The third-order valence-corrected chi connectivity index (χ3v) is 7.56. The lowest BCUT2D eigenvalue weighted by Crippen LogP contribution is -2.38. The van der Waals surface area contributed by atoms with E-state index in [-0.39, 0.29) is 23.4 Å². The van der Waals surface area contributed by atoms with Crippen LogP contribution in [0.2, 0.25) is 0 Å². The van der Waals surface area contributed by atoms with Crippen molar-refractivity contribution in [1.29, 1.82) is 0 Å². The number of pyridine rings is 1. The Morgan fingerprint density at radius 2 is 2.06 bits per heavy atom. The number of anilines is 1. The Hall–Kier alpha value is -3.40. The summed E-state index contributed by atoms with van der Waals surface area (Å²) in [5.41, 5.74) is 2.27. The van der Waals surface area contributed by atoms with Gasteiger partial charge in [0.05, 0.1) is 11.1 Å². The van der Waals surface area contributed by atoms with Crippen LogP contribution in [0.1, 0.15) is 57.4 Å². The Bertz CT molecular complexity index is 1250. The molecular weight excluding hydrogens is 455 g/mol. The van der Waals surface area contributed by atoms with Gasteiger partial charge in [0.2, 0.25) is 0 Å². The zero-order chi connectivity index (χ0) is 23.9. The second-order valence-electron chi connectivity index (χ2n) is 8.91. The fourth-order valence-electron chi connectivity index (χ4n) is 4.50. The molecule has 3 heterocycles. The first-order valence-corrected chi connectivity index (χ1v) is 12.0. The van der Waals surface area contributed by atoms with Crippen molar-refractivity contribution in [3.63, 3.8) is 0 Å². The van der Waals surface area contributed by atoms with Gasteiger partial charge in [0.1, 0.15) is 17.2 Å². The summed E-state index contributed by atoms with van der Waals surface area (Å²) in [6.07, 6.45) is 5.94. The molecule has 0 bridgehead atoms. The van der Waals surface area contributed by atoms with Crippen molar-refractivity contribution in [2.24, 2.45) is 0 Å². The highest BCUT2D eigenvalue weighted by molar-refractivity contribution is 7.05. The minimum absolute atomic E-state index is 0.176. The van der Waals surface area contributed by atoms with Gasteiger partial charge in [0.15, 0.2) is 5.69 Å². The van der Waals surface area contributed by atoms with Crippen LogP contribution >= 0.6 is 11.5 Å². The molecule has 10 heteroatoms. The molecule has 1 aliphatic carbocycles. The van der Waals surface area contributed by atoms with E-state index in [1.165, 1.54) is 31.0 Å². The van der Waals surface area contributed by atoms with E-state index in [1.54, 1.807) is 24.1 Å². The van der Waals surface area contributed by atoms with Crippen LogP contribution in [0.15, 0.2) is 36.8 Å². The molecule has 8 nitrogen and oxygen atoms in total. The molecule has 1 saturated heterocycles. The van der Waals surface area contributed by atoms with Gasteiger partial charge >= 0.3 is 6.03 Å². The minimum atomic E-state index is -0.648.